The number of nitrogens with zero attached hydrogens (tertiary/aromatic N) is 1. The molecule has 0 aliphatic heterocycles. The Labute approximate surface area is 82.0 Å². The number of amidine groups is 1. The second kappa shape index (κ2) is 4.50. The van der Waals surface area contributed by atoms with E-state index in [4.69, 9.17) is 11.1 Å². The summed E-state index contributed by atoms with van der Waals surface area (Å²) in [6, 6.07) is 4.83. The van der Waals surface area contributed by atoms with Crippen molar-refractivity contribution in [3.8, 4) is 0 Å². The zero-order valence-electron chi connectivity index (χ0n) is 7.92. The molecule has 0 aromatic heterocycles. The number of hydrogen-bond acceptors (Lipinski definition) is 2. The van der Waals surface area contributed by atoms with Gasteiger partial charge in [0.15, 0.2) is 0 Å². The van der Waals surface area contributed by atoms with Crippen LogP contribution >= 0.6 is 0 Å². The van der Waals surface area contributed by atoms with Crippen LogP contribution in [0.1, 0.15) is 11.1 Å². The molecule has 74 valence electrons. The van der Waals surface area contributed by atoms with Gasteiger partial charge < -0.3 is 5.73 Å². The third-order valence-corrected chi connectivity index (χ3v) is 1.75. The fourth-order valence-corrected chi connectivity index (χ4v) is 1.04. The summed E-state index contributed by atoms with van der Waals surface area (Å²) < 4.78 is 13.2. The summed E-state index contributed by atoms with van der Waals surface area (Å²) in [6.07, 6.45) is 1.41. The van der Waals surface area contributed by atoms with Gasteiger partial charge in [0.1, 0.15) is 11.7 Å². The summed E-state index contributed by atoms with van der Waals surface area (Å²) in [7, 11) is 0. The maximum atomic E-state index is 13.2. The molecule has 1 aromatic carbocycles. The molecule has 0 saturated carbocycles. The molecule has 0 radical (unpaired) electrons. The Morgan fingerprint density at radius 1 is 1.64 bits per heavy atom. The number of rotatable bonds is 3. The van der Waals surface area contributed by atoms with E-state index in [0.717, 1.165) is 5.56 Å². The molecule has 1 aromatic rings. The molecular weight excluding hydrogens is 181 g/mol. The summed E-state index contributed by atoms with van der Waals surface area (Å²) in [5.41, 5.74) is 6.38. The maximum absolute atomic E-state index is 13.2. The predicted molar refractivity (Wildman–Crippen MR) is 55.5 cm³/mol. The molecule has 3 N–H and O–H groups in total. The van der Waals surface area contributed by atoms with E-state index >= 15 is 0 Å². The van der Waals surface area contributed by atoms with Crippen LogP contribution in [0.25, 0.3) is 0 Å². The number of hydrogen-bond donors (Lipinski definition) is 2. The Hall–Kier alpha value is -1.71. The first-order chi connectivity index (χ1) is 6.61. The van der Waals surface area contributed by atoms with Gasteiger partial charge in [0.2, 0.25) is 0 Å². The van der Waals surface area contributed by atoms with E-state index in [2.05, 4.69) is 4.99 Å². The molecule has 0 amide bonds. The van der Waals surface area contributed by atoms with Crippen LogP contribution in [0.3, 0.4) is 0 Å². The molecule has 14 heavy (non-hydrogen) atoms. The summed E-state index contributed by atoms with van der Waals surface area (Å²) in [5, 5.41) is 6.94. The molecule has 0 spiro atoms. The molecule has 0 heterocycles. The molecule has 0 fully saturated rings. The zero-order chi connectivity index (χ0) is 10.6. The Kier molecular flexibility index (Phi) is 3.34. The predicted octanol–water partition coefficient (Wildman–Crippen LogP) is 1.49. The van der Waals surface area contributed by atoms with Crippen LogP contribution in [0, 0.1) is 18.2 Å². The van der Waals surface area contributed by atoms with Crippen LogP contribution in [-0.2, 0) is 0 Å². The molecule has 0 atom stereocenters. The van der Waals surface area contributed by atoms with E-state index in [1.807, 2.05) is 0 Å². The molecule has 0 aliphatic rings. The summed E-state index contributed by atoms with van der Waals surface area (Å²) >= 11 is 0. The van der Waals surface area contributed by atoms with Crippen molar-refractivity contribution in [1.29, 1.82) is 5.41 Å². The minimum absolute atomic E-state index is 0.0322. The number of nitrogens with one attached hydrogen (secondary N) is 1. The average molecular weight is 193 g/mol. The van der Waals surface area contributed by atoms with Gasteiger partial charge in [0.25, 0.3) is 0 Å². The van der Waals surface area contributed by atoms with E-state index in [1.165, 1.54) is 12.3 Å². The van der Waals surface area contributed by atoms with Crippen molar-refractivity contribution >= 4 is 12.1 Å². The van der Waals surface area contributed by atoms with Crippen LogP contribution in [-0.4, -0.2) is 18.6 Å². The van der Waals surface area contributed by atoms with Crippen molar-refractivity contribution < 1.29 is 4.39 Å². The van der Waals surface area contributed by atoms with Crippen LogP contribution in [0.2, 0.25) is 0 Å². The molecule has 1 rings (SSSR count). The van der Waals surface area contributed by atoms with Crippen LogP contribution in [0.15, 0.2) is 23.2 Å². The second-order valence-electron chi connectivity index (χ2n) is 2.97. The highest BCUT2D eigenvalue weighted by Crippen LogP contribution is 2.09. The van der Waals surface area contributed by atoms with E-state index in [0.29, 0.717) is 5.56 Å². The minimum Gasteiger partial charge on any atom is -0.386 e. The topological polar surface area (TPSA) is 62.2 Å². The van der Waals surface area contributed by atoms with Gasteiger partial charge in [0.05, 0.1) is 6.54 Å². The molecular formula is C10H12FN3. The molecule has 0 aliphatic carbocycles. The molecule has 3 nitrogen and oxygen atoms in total. The van der Waals surface area contributed by atoms with Crippen molar-refractivity contribution in [2.24, 2.45) is 10.7 Å². The highest BCUT2D eigenvalue weighted by Gasteiger charge is 2.00. The maximum Gasteiger partial charge on any atom is 0.132 e. The van der Waals surface area contributed by atoms with E-state index in [-0.39, 0.29) is 18.2 Å². The molecule has 0 saturated heterocycles. The number of halogens is 1. The second-order valence-corrected chi connectivity index (χ2v) is 2.97. The number of aliphatic imine (C=N–C) groups is 1. The summed E-state index contributed by atoms with van der Waals surface area (Å²) in [4.78, 5) is 3.85. The van der Waals surface area contributed by atoms with E-state index in [9.17, 15) is 4.39 Å². The van der Waals surface area contributed by atoms with Crippen LogP contribution in [0.5, 0.6) is 0 Å². The number of aryl methyl sites for hydroxylation is 1. The van der Waals surface area contributed by atoms with Gasteiger partial charge >= 0.3 is 0 Å². The van der Waals surface area contributed by atoms with Gasteiger partial charge in [-0.1, -0.05) is 12.1 Å². The molecule has 0 unspecified atom stereocenters. The van der Waals surface area contributed by atoms with Crippen molar-refractivity contribution in [3.05, 3.63) is 35.1 Å². The van der Waals surface area contributed by atoms with Gasteiger partial charge in [-0.05, 0) is 18.6 Å². The van der Waals surface area contributed by atoms with Crippen molar-refractivity contribution in [1.82, 2.24) is 0 Å². The Morgan fingerprint density at radius 3 is 2.93 bits per heavy atom. The Bertz CT molecular complexity index is 351. The van der Waals surface area contributed by atoms with Crippen molar-refractivity contribution in [2.75, 3.05) is 6.54 Å². The van der Waals surface area contributed by atoms with Gasteiger partial charge in [-0.25, -0.2) is 4.39 Å². The minimum atomic E-state index is -0.308. The largest absolute Gasteiger partial charge is 0.386 e. The standard InChI is InChI=1S/C10H12FN3/c1-7-3-2-4-9(11)8(7)5-14-6-10(12)13/h2-5H,6H2,1H3,(H3,12,13). The van der Waals surface area contributed by atoms with Crippen molar-refractivity contribution in [2.45, 2.75) is 6.92 Å². The lowest BCUT2D eigenvalue weighted by atomic mass is 10.1. The third kappa shape index (κ3) is 2.65. The Balaban J connectivity index is 2.85. The number of benzene rings is 1. The average Bonchev–Trinajstić information content (AvgIpc) is 2.09. The van der Waals surface area contributed by atoms with Gasteiger partial charge in [-0.3, -0.25) is 10.4 Å². The highest BCUT2D eigenvalue weighted by atomic mass is 19.1. The fraction of sp³-hybridized carbons (Fsp3) is 0.200. The first-order valence-corrected chi connectivity index (χ1v) is 4.19. The van der Waals surface area contributed by atoms with Crippen LogP contribution in [0.4, 0.5) is 4.39 Å². The smallest absolute Gasteiger partial charge is 0.132 e. The highest BCUT2D eigenvalue weighted by molar-refractivity contribution is 5.85. The van der Waals surface area contributed by atoms with Gasteiger partial charge in [0, 0.05) is 11.8 Å². The quantitative estimate of drug-likeness (QED) is 0.554. The normalized spacial score (nSPS) is 10.7. The fourth-order valence-electron chi connectivity index (χ4n) is 1.04. The van der Waals surface area contributed by atoms with Gasteiger partial charge in [-0.2, -0.15) is 0 Å². The Morgan fingerprint density at radius 2 is 2.36 bits per heavy atom. The molecule has 0 bridgehead atoms. The first-order valence-electron chi connectivity index (χ1n) is 4.19. The lowest BCUT2D eigenvalue weighted by Crippen LogP contribution is -2.13. The zero-order valence-corrected chi connectivity index (χ0v) is 7.92. The lowest BCUT2D eigenvalue weighted by Gasteiger charge is -2.00. The monoisotopic (exact) mass is 193 g/mol. The number of nitrogens with two attached hydrogens (primary N) is 1. The summed E-state index contributed by atoms with van der Waals surface area (Å²) in [6.45, 7) is 1.91. The third-order valence-electron chi connectivity index (χ3n) is 1.75. The first kappa shape index (κ1) is 10.4. The lowest BCUT2D eigenvalue weighted by molar-refractivity contribution is 0.624. The van der Waals surface area contributed by atoms with E-state index in [1.54, 1.807) is 19.1 Å². The summed E-state index contributed by atoms with van der Waals surface area (Å²) in [5.74, 6) is -0.340. The van der Waals surface area contributed by atoms with Crippen LogP contribution < -0.4 is 5.73 Å². The SMILES string of the molecule is Cc1cccc(F)c1C=NCC(=N)N. The molecule has 4 heteroatoms. The van der Waals surface area contributed by atoms with Gasteiger partial charge in [-0.15, -0.1) is 0 Å². The van der Waals surface area contributed by atoms with E-state index < -0.39 is 0 Å². The van der Waals surface area contributed by atoms with Crippen molar-refractivity contribution in [3.63, 3.8) is 0 Å².